The Morgan fingerprint density at radius 2 is 1.89 bits per heavy atom. The number of nitrogens with one attached hydrogen (secondary N) is 1. The topological polar surface area (TPSA) is 95.9 Å². The summed E-state index contributed by atoms with van der Waals surface area (Å²) in [5, 5.41) is 8.00. The summed E-state index contributed by atoms with van der Waals surface area (Å²) in [5.41, 5.74) is 11.1. The first-order valence-corrected chi connectivity index (χ1v) is 12.3. The van der Waals surface area contributed by atoms with Crippen molar-refractivity contribution in [3.05, 3.63) is 83.6 Å². The number of ether oxygens (including phenoxy) is 3. The molecule has 184 valence electrons. The molecule has 1 aliphatic carbocycles. The molecule has 2 aromatic carbocycles. The molecule has 0 radical (unpaired) electrons. The monoisotopic (exact) mass is 483 g/mol. The predicted molar refractivity (Wildman–Crippen MR) is 139 cm³/mol. The molecule has 8 nitrogen and oxygen atoms in total. The van der Waals surface area contributed by atoms with Crippen molar-refractivity contribution in [2.75, 3.05) is 18.5 Å². The normalized spacial score (nSPS) is 18.6. The van der Waals surface area contributed by atoms with Gasteiger partial charge in [0.15, 0.2) is 5.65 Å². The van der Waals surface area contributed by atoms with E-state index in [1.165, 1.54) is 5.57 Å². The van der Waals surface area contributed by atoms with Gasteiger partial charge in [-0.25, -0.2) is 0 Å². The van der Waals surface area contributed by atoms with Crippen molar-refractivity contribution < 1.29 is 14.2 Å². The van der Waals surface area contributed by atoms with E-state index in [1.54, 1.807) is 10.7 Å². The molecular weight excluding hydrogens is 454 g/mol. The third-order valence-corrected chi connectivity index (χ3v) is 6.56. The van der Waals surface area contributed by atoms with Gasteiger partial charge in [-0.2, -0.15) is 14.6 Å². The van der Waals surface area contributed by atoms with E-state index < -0.39 is 0 Å². The number of nitrogens with two attached hydrogens (primary N) is 1. The molecule has 1 fully saturated rings. The first kappa shape index (κ1) is 22.6. The van der Waals surface area contributed by atoms with E-state index >= 15 is 0 Å². The van der Waals surface area contributed by atoms with Crippen molar-refractivity contribution in [3.8, 4) is 11.6 Å². The Balaban J connectivity index is 1.14. The summed E-state index contributed by atoms with van der Waals surface area (Å²) in [4.78, 5) is 4.70. The molecule has 0 amide bonds. The van der Waals surface area contributed by atoms with Crippen LogP contribution in [0.25, 0.3) is 11.7 Å². The number of rotatable bonds is 8. The minimum Gasteiger partial charge on any atom is -0.491 e. The summed E-state index contributed by atoms with van der Waals surface area (Å²) in [6.45, 7) is 1.59. The molecule has 0 unspecified atom stereocenters. The SMILES string of the molecule is N[C@@H]1CC[C@H]2Oc3nc4ccnn4c(Nc4ccc(OCCOCc5ccccc5)cc4)c3C=C2C1. The number of fused-ring (bicyclic) bond motifs is 3. The summed E-state index contributed by atoms with van der Waals surface area (Å²) in [5.74, 6) is 2.23. The zero-order valence-corrected chi connectivity index (χ0v) is 20.0. The Labute approximate surface area is 209 Å². The maximum Gasteiger partial charge on any atom is 0.227 e. The standard InChI is InChI=1S/C28H29N5O3/c29-21-6-11-25-20(16-21)17-24-27(33-26(12-13-30-33)32-28(24)36-25)31-22-7-9-23(10-8-22)35-15-14-34-18-19-4-2-1-3-5-19/h1-5,7-10,12-13,17,21,25,31H,6,11,14-16,18,29H2/t21-,25-/m1/s1. The Hall–Kier alpha value is -3.88. The van der Waals surface area contributed by atoms with Crippen LogP contribution in [0.5, 0.6) is 11.6 Å². The van der Waals surface area contributed by atoms with Gasteiger partial charge in [0.25, 0.3) is 0 Å². The molecule has 2 aliphatic rings. The highest BCUT2D eigenvalue weighted by atomic mass is 16.5. The van der Waals surface area contributed by atoms with Crippen LogP contribution < -0.4 is 20.5 Å². The van der Waals surface area contributed by atoms with E-state index in [-0.39, 0.29) is 12.1 Å². The largest absolute Gasteiger partial charge is 0.491 e. The van der Waals surface area contributed by atoms with Crippen LogP contribution in [0.2, 0.25) is 0 Å². The Kier molecular flexibility index (Phi) is 6.27. The fraction of sp³-hybridized carbons (Fsp3) is 0.286. The van der Waals surface area contributed by atoms with Crippen LogP contribution in [0.3, 0.4) is 0 Å². The molecule has 8 heteroatoms. The van der Waals surface area contributed by atoms with Gasteiger partial charge < -0.3 is 25.3 Å². The van der Waals surface area contributed by atoms with Crippen molar-refractivity contribution in [1.82, 2.24) is 14.6 Å². The van der Waals surface area contributed by atoms with Gasteiger partial charge in [-0.05, 0) is 60.7 Å². The lowest BCUT2D eigenvalue weighted by Crippen LogP contribution is -2.35. The average Bonchev–Trinajstić information content (AvgIpc) is 3.37. The smallest absolute Gasteiger partial charge is 0.227 e. The molecule has 3 N–H and O–H groups in total. The number of nitrogens with zero attached hydrogens (tertiary/aromatic N) is 3. The number of hydrogen-bond donors (Lipinski definition) is 2. The van der Waals surface area contributed by atoms with Crippen LogP contribution in [-0.4, -0.2) is 40.0 Å². The lowest BCUT2D eigenvalue weighted by molar-refractivity contribution is 0.0889. The van der Waals surface area contributed by atoms with Crippen molar-refractivity contribution in [2.45, 2.75) is 38.0 Å². The van der Waals surface area contributed by atoms with Gasteiger partial charge in [0.2, 0.25) is 5.88 Å². The van der Waals surface area contributed by atoms with E-state index in [2.05, 4.69) is 28.6 Å². The minimum absolute atomic E-state index is 0.0520. The number of hydrogen-bond acceptors (Lipinski definition) is 7. The second-order valence-electron chi connectivity index (χ2n) is 9.18. The number of anilines is 2. The van der Waals surface area contributed by atoms with Gasteiger partial charge in [0.1, 0.15) is 24.3 Å². The first-order chi connectivity index (χ1) is 17.7. The van der Waals surface area contributed by atoms with Gasteiger partial charge in [-0.15, -0.1) is 0 Å². The molecule has 36 heavy (non-hydrogen) atoms. The average molecular weight is 484 g/mol. The lowest BCUT2D eigenvalue weighted by Gasteiger charge is -2.33. The van der Waals surface area contributed by atoms with Crippen LogP contribution in [0, 0.1) is 0 Å². The second-order valence-corrected chi connectivity index (χ2v) is 9.18. The first-order valence-electron chi connectivity index (χ1n) is 12.3. The van der Waals surface area contributed by atoms with Crippen molar-refractivity contribution >= 4 is 23.2 Å². The zero-order chi connectivity index (χ0) is 24.3. The molecule has 1 aliphatic heterocycles. The predicted octanol–water partition coefficient (Wildman–Crippen LogP) is 4.72. The summed E-state index contributed by atoms with van der Waals surface area (Å²) in [6.07, 6.45) is 6.68. The van der Waals surface area contributed by atoms with Crippen molar-refractivity contribution in [2.24, 2.45) is 5.73 Å². The van der Waals surface area contributed by atoms with E-state index in [0.717, 1.165) is 53.3 Å². The van der Waals surface area contributed by atoms with Gasteiger partial charge in [-0.3, -0.25) is 0 Å². The molecule has 2 atom stereocenters. The van der Waals surface area contributed by atoms with E-state index in [4.69, 9.17) is 24.9 Å². The second kappa shape index (κ2) is 10.0. The molecule has 2 aromatic heterocycles. The van der Waals surface area contributed by atoms with Crippen molar-refractivity contribution in [3.63, 3.8) is 0 Å². The van der Waals surface area contributed by atoms with Crippen LogP contribution in [0.1, 0.15) is 30.4 Å². The van der Waals surface area contributed by atoms with E-state index in [9.17, 15) is 0 Å². The van der Waals surface area contributed by atoms with Crippen LogP contribution >= 0.6 is 0 Å². The molecule has 4 aromatic rings. The number of aromatic nitrogens is 3. The molecule has 6 rings (SSSR count). The molecule has 0 spiro atoms. The maximum absolute atomic E-state index is 6.30. The lowest BCUT2D eigenvalue weighted by atomic mass is 9.86. The Bertz CT molecular complexity index is 1370. The van der Waals surface area contributed by atoms with Crippen molar-refractivity contribution in [1.29, 1.82) is 0 Å². The van der Waals surface area contributed by atoms with Gasteiger partial charge in [0.05, 0.1) is 25.0 Å². The summed E-state index contributed by atoms with van der Waals surface area (Å²) < 4.78 is 19.6. The molecule has 0 bridgehead atoms. The molecule has 0 saturated heterocycles. The summed E-state index contributed by atoms with van der Waals surface area (Å²) >= 11 is 0. The van der Waals surface area contributed by atoms with Gasteiger partial charge in [-0.1, -0.05) is 30.3 Å². The highest BCUT2D eigenvalue weighted by Crippen LogP contribution is 2.39. The molecule has 3 heterocycles. The van der Waals surface area contributed by atoms with Gasteiger partial charge in [0, 0.05) is 17.8 Å². The highest BCUT2D eigenvalue weighted by Gasteiger charge is 2.31. The fourth-order valence-electron chi connectivity index (χ4n) is 4.72. The van der Waals surface area contributed by atoms with E-state index in [1.807, 2.05) is 48.5 Å². The molecule has 1 saturated carbocycles. The Morgan fingerprint density at radius 3 is 2.75 bits per heavy atom. The van der Waals surface area contributed by atoms with Gasteiger partial charge >= 0.3 is 0 Å². The summed E-state index contributed by atoms with van der Waals surface area (Å²) in [7, 11) is 0. The van der Waals surface area contributed by atoms with E-state index in [0.29, 0.717) is 25.7 Å². The highest BCUT2D eigenvalue weighted by molar-refractivity contribution is 5.77. The van der Waals surface area contributed by atoms with Crippen LogP contribution in [0.4, 0.5) is 11.5 Å². The quantitative estimate of drug-likeness (QED) is 0.350. The molecular formula is C28H29N5O3. The zero-order valence-electron chi connectivity index (χ0n) is 20.0. The number of benzene rings is 2. The minimum atomic E-state index is 0.0520. The van der Waals surface area contributed by atoms with Crippen LogP contribution in [-0.2, 0) is 11.3 Å². The third kappa shape index (κ3) is 4.78. The Morgan fingerprint density at radius 1 is 1.03 bits per heavy atom. The fourth-order valence-corrected chi connectivity index (χ4v) is 4.72. The summed E-state index contributed by atoms with van der Waals surface area (Å²) in [6, 6.07) is 20.0. The third-order valence-electron chi connectivity index (χ3n) is 6.56. The van der Waals surface area contributed by atoms with Crippen LogP contribution in [0.15, 0.2) is 72.4 Å². The maximum atomic E-state index is 6.30.